The van der Waals surface area contributed by atoms with Crippen LogP contribution in [0.4, 0.5) is 18.9 Å². The molecule has 2 heterocycles. The SMILES string of the molecule is CC1CN(S(=O)(=O)c2ccco2)CCN1c1ccc(C(C)(O)C(F)(F)F)cc1. The first-order valence-corrected chi connectivity index (χ1v) is 10.1. The van der Waals surface area contributed by atoms with Crippen molar-refractivity contribution in [3.8, 4) is 0 Å². The van der Waals surface area contributed by atoms with Gasteiger partial charge in [-0.3, -0.25) is 0 Å². The van der Waals surface area contributed by atoms with Gasteiger partial charge in [0.15, 0.2) is 5.60 Å². The fourth-order valence-electron chi connectivity index (χ4n) is 3.20. The van der Waals surface area contributed by atoms with E-state index in [1.54, 1.807) is 0 Å². The number of nitrogens with zero attached hydrogens (tertiary/aromatic N) is 2. The molecule has 1 aromatic heterocycles. The Labute approximate surface area is 161 Å². The van der Waals surface area contributed by atoms with E-state index in [0.717, 1.165) is 0 Å². The van der Waals surface area contributed by atoms with Crippen molar-refractivity contribution in [1.82, 2.24) is 4.31 Å². The van der Waals surface area contributed by atoms with Crippen LogP contribution in [0.5, 0.6) is 0 Å². The summed E-state index contributed by atoms with van der Waals surface area (Å²) in [6.07, 6.45) is -3.49. The number of hydrogen-bond acceptors (Lipinski definition) is 5. The van der Waals surface area contributed by atoms with Crippen LogP contribution < -0.4 is 4.90 Å². The molecular weight excluding hydrogens is 397 g/mol. The Morgan fingerprint density at radius 1 is 1.14 bits per heavy atom. The highest BCUT2D eigenvalue weighted by molar-refractivity contribution is 7.89. The molecule has 3 rings (SSSR count). The van der Waals surface area contributed by atoms with Gasteiger partial charge in [-0.05, 0) is 43.7 Å². The first kappa shape index (κ1) is 20.7. The molecule has 1 aliphatic rings. The maximum absolute atomic E-state index is 13.0. The standard InChI is InChI=1S/C18H21F3N2O4S/c1-13-12-22(28(25,26)16-4-3-11-27-16)9-10-23(13)15-7-5-14(6-8-15)17(2,24)18(19,20)21/h3-8,11,13,24H,9-10,12H2,1-2H3. The van der Waals surface area contributed by atoms with Crippen LogP contribution in [0.25, 0.3) is 0 Å². The molecule has 0 spiro atoms. The average molecular weight is 418 g/mol. The van der Waals surface area contributed by atoms with Crippen molar-refractivity contribution in [2.24, 2.45) is 0 Å². The molecule has 0 aliphatic carbocycles. The number of aliphatic hydroxyl groups is 1. The Balaban J connectivity index is 1.75. The van der Waals surface area contributed by atoms with Crippen LogP contribution in [-0.4, -0.2) is 49.7 Å². The van der Waals surface area contributed by atoms with Crippen molar-refractivity contribution in [1.29, 1.82) is 0 Å². The summed E-state index contributed by atoms with van der Waals surface area (Å²) in [7, 11) is -3.72. The van der Waals surface area contributed by atoms with Crippen LogP contribution in [0.15, 0.2) is 52.2 Å². The Morgan fingerprint density at radius 2 is 1.79 bits per heavy atom. The van der Waals surface area contributed by atoms with Crippen LogP contribution in [0.2, 0.25) is 0 Å². The van der Waals surface area contributed by atoms with Gasteiger partial charge in [0.1, 0.15) is 0 Å². The maximum atomic E-state index is 13.0. The smallest absolute Gasteiger partial charge is 0.421 e. The average Bonchev–Trinajstić information content (AvgIpc) is 3.16. The van der Waals surface area contributed by atoms with E-state index >= 15 is 0 Å². The predicted octanol–water partition coefficient (Wildman–Crippen LogP) is 2.95. The summed E-state index contributed by atoms with van der Waals surface area (Å²) in [5.74, 6) is 0. The first-order chi connectivity index (χ1) is 12.9. The van der Waals surface area contributed by atoms with Crippen molar-refractivity contribution in [2.45, 2.75) is 36.8 Å². The molecule has 0 radical (unpaired) electrons. The third kappa shape index (κ3) is 3.63. The fourth-order valence-corrected chi connectivity index (χ4v) is 4.62. The van der Waals surface area contributed by atoms with E-state index in [1.807, 2.05) is 11.8 Å². The molecule has 1 aromatic carbocycles. The van der Waals surface area contributed by atoms with Gasteiger partial charge in [-0.2, -0.15) is 17.5 Å². The van der Waals surface area contributed by atoms with Gasteiger partial charge in [0.2, 0.25) is 5.09 Å². The normalized spacial score (nSPS) is 21.5. The maximum Gasteiger partial charge on any atom is 0.421 e. The molecule has 0 amide bonds. The van der Waals surface area contributed by atoms with Gasteiger partial charge in [0.25, 0.3) is 10.0 Å². The monoisotopic (exact) mass is 418 g/mol. The molecule has 0 saturated carbocycles. The van der Waals surface area contributed by atoms with Crippen molar-refractivity contribution in [2.75, 3.05) is 24.5 Å². The van der Waals surface area contributed by atoms with E-state index in [2.05, 4.69) is 0 Å². The summed E-state index contributed by atoms with van der Waals surface area (Å²) in [5.41, 5.74) is -2.54. The molecule has 10 heteroatoms. The number of hydrogen-bond donors (Lipinski definition) is 1. The lowest BCUT2D eigenvalue weighted by Gasteiger charge is -2.40. The molecule has 1 saturated heterocycles. The number of halogens is 3. The quantitative estimate of drug-likeness (QED) is 0.827. The minimum absolute atomic E-state index is 0.119. The highest BCUT2D eigenvalue weighted by Gasteiger charge is 2.51. The largest absolute Gasteiger partial charge is 0.452 e. The van der Waals surface area contributed by atoms with Crippen LogP contribution in [-0.2, 0) is 15.6 Å². The van der Waals surface area contributed by atoms with E-state index in [0.29, 0.717) is 19.2 Å². The number of anilines is 1. The number of sulfonamides is 1. The Kier molecular flexibility index (Phi) is 5.24. The number of piperazine rings is 1. The van der Waals surface area contributed by atoms with E-state index in [-0.39, 0.29) is 29.8 Å². The van der Waals surface area contributed by atoms with Crippen molar-refractivity contribution >= 4 is 15.7 Å². The molecule has 1 aliphatic heterocycles. The van der Waals surface area contributed by atoms with E-state index in [1.165, 1.54) is 47.0 Å². The van der Waals surface area contributed by atoms with Gasteiger partial charge in [-0.25, -0.2) is 8.42 Å². The summed E-state index contributed by atoms with van der Waals surface area (Å²) >= 11 is 0. The summed E-state index contributed by atoms with van der Waals surface area (Å²) < 4.78 is 70.4. The second kappa shape index (κ2) is 7.09. The van der Waals surface area contributed by atoms with Crippen LogP contribution in [0.1, 0.15) is 19.4 Å². The number of benzene rings is 1. The van der Waals surface area contributed by atoms with Gasteiger partial charge < -0.3 is 14.4 Å². The molecule has 1 fully saturated rings. The molecule has 28 heavy (non-hydrogen) atoms. The lowest BCUT2D eigenvalue weighted by molar-refractivity contribution is -0.258. The lowest BCUT2D eigenvalue weighted by atomic mass is 9.95. The topological polar surface area (TPSA) is 74.0 Å². The molecular formula is C18H21F3N2O4S. The van der Waals surface area contributed by atoms with Crippen molar-refractivity contribution in [3.63, 3.8) is 0 Å². The zero-order valence-corrected chi connectivity index (χ0v) is 16.2. The van der Waals surface area contributed by atoms with Crippen molar-refractivity contribution < 1.29 is 31.1 Å². The fraction of sp³-hybridized carbons (Fsp3) is 0.444. The van der Waals surface area contributed by atoms with Crippen LogP contribution in [0, 0.1) is 0 Å². The number of furan rings is 1. The Bertz CT molecular complexity index is 909. The Morgan fingerprint density at radius 3 is 2.29 bits per heavy atom. The minimum Gasteiger partial charge on any atom is -0.452 e. The third-order valence-electron chi connectivity index (χ3n) is 4.99. The number of rotatable bonds is 4. The van der Waals surface area contributed by atoms with Crippen LogP contribution in [0.3, 0.4) is 0 Å². The van der Waals surface area contributed by atoms with E-state index in [4.69, 9.17) is 4.42 Å². The van der Waals surface area contributed by atoms with Gasteiger partial charge >= 0.3 is 6.18 Å². The van der Waals surface area contributed by atoms with E-state index in [9.17, 15) is 26.7 Å². The predicted molar refractivity (Wildman–Crippen MR) is 96.3 cm³/mol. The zero-order valence-electron chi connectivity index (χ0n) is 15.3. The summed E-state index contributed by atoms with van der Waals surface area (Å²) in [4.78, 5) is 1.92. The first-order valence-electron chi connectivity index (χ1n) is 8.64. The summed E-state index contributed by atoms with van der Waals surface area (Å²) in [6.45, 7) is 3.35. The molecule has 6 nitrogen and oxygen atoms in total. The second-order valence-corrected chi connectivity index (χ2v) is 8.82. The second-order valence-electron chi connectivity index (χ2n) is 6.95. The van der Waals surface area contributed by atoms with E-state index < -0.39 is 21.8 Å². The lowest BCUT2D eigenvalue weighted by Crippen LogP contribution is -2.53. The molecule has 0 bridgehead atoms. The highest BCUT2D eigenvalue weighted by atomic mass is 32.2. The molecule has 2 atom stereocenters. The minimum atomic E-state index is -4.78. The zero-order chi connectivity index (χ0) is 20.7. The van der Waals surface area contributed by atoms with Crippen LogP contribution >= 0.6 is 0 Å². The van der Waals surface area contributed by atoms with Crippen molar-refractivity contribution in [3.05, 3.63) is 48.2 Å². The summed E-state index contributed by atoms with van der Waals surface area (Å²) in [6, 6.07) is 8.17. The number of alkyl halides is 3. The highest BCUT2D eigenvalue weighted by Crippen LogP contribution is 2.39. The van der Waals surface area contributed by atoms with Gasteiger partial charge in [-0.15, -0.1) is 0 Å². The van der Waals surface area contributed by atoms with Gasteiger partial charge in [-0.1, -0.05) is 12.1 Å². The third-order valence-corrected chi connectivity index (χ3v) is 6.74. The van der Waals surface area contributed by atoms with Gasteiger partial charge in [0.05, 0.1) is 6.26 Å². The molecule has 154 valence electrons. The van der Waals surface area contributed by atoms with Gasteiger partial charge in [0, 0.05) is 31.4 Å². The molecule has 2 aromatic rings. The molecule has 2 unspecified atom stereocenters. The summed E-state index contributed by atoms with van der Waals surface area (Å²) in [5, 5.41) is 9.65. The molecule has 1 N–H and O–H groups in total. The Hall–Kier alpha value is -2.04.